The van der Waals surface area contributed by atoms with Crippen LogP contribution in [0, 0.1) is 5.92 Å². The molecule has 54 heavy (non-hydrogen) atoms. The fraction of sp³-hybridized carbons (Fsp3) is 0.349. The third kappa shape index (κ3) is 13.5. The molecule has 4 rings (SSSR count). The zero-order chi connectivity index (χ0) is 38.9. The summed E-state index contributed by atoms with van der Waals surface area (Å²) in [5.74, 6) is -1.08. The number of nitrogens with two attached hydrogens (primary N) is 1. The third-order valence-electron chi connectivity index (χ3n) is 8.68. The quantitative estimate of drug-likeness (QED) is 0.121. The number of hydrogen-bond donors (Lipinski definition) is 3. The Balaban J connectivity index is 1.68. The highest BCUT2D eigenvalue weighted by Gasteiger charge is 2.41. The topological polar surface area (TPSA) is 143 Å². The second-order valence-corrected chi connectivity index (χ2v) is 14.0. The lowest BCUT2D eigenvalue weighted by atomic mass is 9.99. The van der Waals surface area contributed by atoms with Gasteiger partial charge in [0.1, 0.15) is 31.0 Å². The Bertz CT molecular complexity index is 1750. The predicted molar refractivity (Wildman–Crippen MR) is 209 cm³/mol. The molecule has 0 fully saturated rings. The summed E-state index contributed by atoms with van der Waals surface area (Å²) in [6.45, 7) is 4.91. The molecule has 0 spiro atoms. The van der Waals surface area contributed by atoms with Crippen LogP contribution in [-0.4, -0.2) is 78.9 Å². The van der Waals surface area contributed by atoms with E-state index in [0.717, 1.165) is 21.6 Å². The van der Waals surface area contributed by atoms with Gasteiger partial charge in [0.15, 0.2) is 0 Å². The normalized spacial score (nSPS) is 12.7. The zero-order valence-electron chi connectivity index (χ0n) is 31.7. The lowest BCUT2D eigenvalue weighted by Gasteiger charge is -2.34. The minimum absolute atomic E-state index is 0.0159. The van der Waals surface area contributed by atoms with Crippen molar-refractivity contribution in [3.8, 4) is 5.75 Å². The molecule has 286 valence electrons. The molecule has 0 aliphatic carbocycles. The van der Waals surface area contributed by atoms with Crippen LogP contribution in [0.2, 0.25) is 0 Å². The van der Waals surface area contributed by atoms with Crippen LogP contribution >= 0.6 is 0 Å². The molecular weight excluding hydrogens is 683 g/mol. The monoisotopic (exact) mass is 735 g/mol. The number of imide groups is 1. The van der Waals surface area contributed by atoms with E-state index in [0.29, 0.717) is 36.8 Å². The number of rotatable bonds is 19. The Morgan fingerprint density at radius 2 is 1.22 bits per heavy atom. The van der Waals surface area contributed by atoms with Gasteiger partial charge in [-0.15, -0.1) is 0 Å². The highest BCUT2D eigenvalue weighted by atomic mass is 16.5. The van der Waals surface area contributed by atoms with Crippen molar-refractivity contribution < 1.29 is 28.7 Å². The maximum Gasteiger partial charge on any atom is 0.408 e. The number of amides is 4. The molecule has 4 aromatic carbocycles. The maximum absolute atomic E-state index is 14.9. The van der Waals surface area contributed by atoms with Crippen LogP contribution < -0.4 is 21.1 Å². The molecule has 0 aliphatic heterocycles. The van der Waals surface area contributed by atoms with Crippen molar-refractivity contribution in [2.75, 3.05) is 27.2 Å². The smallest absolute Gasteiger partial charge is 0.408 e. The van der Waals surface area contributed by atoms with Crippen molar-refractivity contribution in [2.24, 2.45) is 11.7 Å². The zero-order valence-corrected chi connectivity index (χ0v) is 31.7. The highest BCUT2D eigenvalue weighted by molar-refractivity contribution is 6.05. The Morgan fingerprint density at radius 1 is 0.685 bits per heavy atom. The van der Waals surface area contributed by atoms with Crippen molar-refractivity contribution in [3.05, 3.63) is 138 Å². The summed E-state index contributed by atoms with van der Waals surface area (Å²) in [6, 6.07) is 31.5. The summed E-state index contributed by atoms with van der Waals surface area (Å²) in [4.78, 5) is 59.3. The van der Waals surface area contributed by atoms with Crippen LogP contribution in [0.5, 0.6) is 5.75 Å². The third-order valence-corrected chi connectivity index (χ3v) is 8.68. The van der Waals surface area contributed by atoms with Gasteiger partial charge in [-0.2, -0.15) is 0 Å². The number of hydrogen-bond acceptors (Lipinski definition) is 8. The standard InChI is InChI=1S/C43H53N5O6/c1-31(2)24-25-45-40(49)39(27-32-14-8-5-9-15-32)48(41(50)37(44)28-47(3)4)42(51)38(46-43(52)54-30-35-18-12-7-13-19-35)26-33-20-22-36(23-21-33)53-29-34-16-10-6-11-17-34/h5-23,31,37-39H,24-30,44H2,1-4H3,(H,45,49)(H,46,52)/t37-,38+,39+/m1/s1. The summed E-state index contributed by atoms with van der Waals surface area (Å²) in [6.07, 6.45) is -0.128. The van der Waals surface area contributed by atoms with Gasteiger partial charge in [-0.3, -0.25) is 19.3 Å². The predicted octanol–water partition coefficient (Wildman–Crippen LogP) is 5.12. The molecule has 0 saturated heterocycles. The summed E-state index contributed by atoms with van der Waals surface area (Å²) in [5.41, 5.74) is 9.63. The molecule has 0 aromatic heterocycles. The molecule has 0 aliphatic rings. The minimum Gasteiger partial charge on any atom is -0.489 e. The number of carbonyl (C=O) groups is 4. The number of ether oxygens (including phenoxy) is 2. The van der Waals surface area contributed by atoms with Crippen molar-refractivity contribution in [3.63, 3.8) is 0 Å². The summed E-state index contributed by atoms with van der Waals surface area (Å²) in [5, 5.41) is 5.65. The van der Waals surface area contributed by atoms with Crippen molar-refractivity contribution >= 4 is 23.8 Å². The van der Waals surface area contributed by atoms with Crippen molar-refractivity contribution in [1.29, 1.82) is 0 Å². The average Bonchev–Trinajstić information content (AvgIpc) is 3.17. The highest BCUT2D eigenvalue weighted by Crippen LogP contribution is 2.19. The number of alkyl carbamates (subject to hydrolysis) is 1. The summed E-state index contributed by atoms with van der Waals surface area (Å²) < 4.78 is 11.5. The summed E-state index contributed by atoms with van der Waals surface area (Å²) in [7, 11) is 3.53. The molecule has 4 aromatic rings. The van der Waals surface area contributed by atoms with Crippen LogP contribution in [0.15, 0.2) is 115 Å². The van der Waals surface area contributed by atoms with Crippen LogP contribution in [0.1, 0.15) is 42.5 Å². The first-order chi connectivity index (χ1) is 26.0. The van der Waals surface area contributed by atoms with Gasteiger partial charge < -0.3 is 30.7 Å². The molecular formula is C43H53N5O6. The van der Waals surface area contributed by atoms with Crippen molar-refractivity contribution in [1.82, 2.24) is 20.4 Å². The molecule has 0 radical (unpaired) electrons. The van der Waals surface area contributed by atoms with Gasteiger partial charge in [0.2, 0.25) is 11.8 Å². The van der Waals surface area contributed by atoms with Crippen LogP contribution in [-0.2, 0) is 45.2 Å². The molecule has 0 bridgehead atoms. The SMILES string of the molecule is CC(C)CCNC(=O)[C@H](Cc1ccccc1)N(C(=O)[C@H](N)CN(C)C)C(=O)[C@H](Cc1ccc(OCc2ccccc2)cc1)NC(=O)OCc1ccccc1. The molecule has 0 heterocycles. The fourth-order valence-corrected chi connectivity index (χ4v) is 5.78. The van der Waals surface area contributed by atoms with Crippen molar-refractivity contribution in [2.45, 2.75) is 64.4 Å². The van der Waals surface area contributed by atoms with Gasteiger partial charge in [0.25, 0.3) is 5.91 Å². The Morgan fingerprint density at radius 3 is 1.78 bits per heavy atom. The molecule has 4 amide bonds. The molecule has 0 unspecified atom stereocenters. The Hall–Kier alpha value is -5.52. The number of likely N-dealkylation sites (N-methyl/N-ethyl adjacent to an activating group) is 1. The summed E-state index contributed by atoms with van der Waals surface area (Å²) >= 11 is 0. The van der Waals surface area contributed by atoms with E-state index < -0.39 is 41.9 Å². The van der Waals surface area contributed by atoms with Gasteiger partial charge in [-0.1, -0.05) is 117 Å². The van der Waals surface area contributed by atoms with E-state index >= 15 is 0 Å². The molecule has 11 nitrogen and oxygen atoms in total. The fourth-order valence-electron chi connectivity index (χ4n) is 5.78. The van der Waals surface area contributed by atoms with E-state index in [1.54, 1.807) is 43.3 Å². The second kappa shape index (κ2) is 21.2. The van der Waals surface area contributed by atoms with E-state index in [9.17, 15) is 19.2 Å². The lowest BCUT2D eigenvalue weighted by Crippen LogP contribution is -2.63. The first-order valence-corrected chi connectivity index (χ1v) is 18.3. The number of carbonyl (C=O) groups excluding carboxylic acids is 4. The maximum atomic E-state index is 14.9. The lowest BCUT2D eigenvalue weighted by molar-refractivity contribution is -0.154. The first kappa shape index (κ1) is 41.2. The number of nitrogens with one attached hydrogen (secondary N) is 2. The van der Waals surface area contributed by atoms with Gasteiger partial charge in [-0.05, 0) is 60.8 Å². The first-order valence-electron chi connectivity index (χ1n) is 18.3. The van der Waals surface area contributed by atoms with Gasteiger partial charge in [-0.25, -0.2) is 4.79 Å². The van der Waals surface area contributed by atoms with Crippen LogP contribution in [0.3, 0.4) is 0 Å². The molecule has 3 atom stereocenters. The second-order valence-electron chi connectivity index (χ2n) is 14.0. The Labute approximate surface area is 318 Å². The van der Waals surface area contributed by atoms with Crippen LogP contribution in [0.4, 0.5) is 4.79 Å². The van der Waals surface area contributed by atoms with Gasteiger partial charge in [0.05, 0.1) is 6.04 Å². The molecule has 4 N–H and O–H groups in total. The number of nitrogens with zero attached hydrogens (tertiary/aromatic N) is 2. The average molecular weight is 736 g/mol. The largest absolute Gasteiger partial charge is 0.489 e. The minimum atomic E-state index is -1.30. The Kier molecular flexibility index (Phi) is 16.2. The number of benzene rings is 4. The van der Waals surface area contributed by atoms with E-state index in [2.05, 4.69) is 10.6 Å². The van der Waals surface area contributed by atoms with Crippen LogP contribution in [0.25, 0.3) is 0 Å². The van der Waals surface area contributed by atoms with E-state index in [-0.39, 0.29) is 26.0 Å². The molecule has 0 saturated carbocycles. The van der Waals surface area contributed by atoms with Gasteiger partial charge in [0, 0.05) is 25.9 Å². The van der Waals surface area contributed by atoms with E-state index in [1.807, 2.05) is 105 Å². The van der Waals surface area contributed by atoms with E-state index in [4.69, 9.17) is 15.2 Å². The molecule has 11 heteroatoms. The van der Waals surface area contributed by atoms with Gasteiger partial charge >= 0.3 is 6.09 Å². The van der Waals surface area contributed by atoms with E-state index in [1.165, 1.54) is 0 Å².